The standard InChI is InChI=1S/C14H12BrCl2N/c15-11-6-5-10(7-13(11)17)14(18)8-9-3-1-2-4-12(9)16/h1-7,14H,8,18H2. The summed E-state index contributed by atoms with van der Waals surface area (Å²) in [4.78, 5) is 0. The van der Waals surface area contributed by atoms with Crippen molar-refractivity contribution in [3.05, 3.63) is 68.1 Å². The SMILES string of the molecule is NC(Cc1ccccc1Cl)c1ccc(Br)c(Cl)c1. The first kappa shape index (κ1) is 13.9. The molecule has 2 aromatic rings. The van der Waals surface area contributed by atoms with Gasteiger partial charge in [0.1, 0.15) is 0 Å². The number of rotatable bonds is 3. The highest BCUT2D eigenvalue weighted by Gasteiger charge is 2.10. The molecule has 2 aromatic carbocycles. The second kappa shape index (κ2) is 6.07. The Morgan fingerprint density at radius 2 is 1.78 bits per heavy atom. The highest BCUT2D eigenvalue weighted by Crippen LogP contribution is 2.27. The smallest absolute Gasteiger partial charge is 0.0551 e. The van der Waals surface area contributed by atoms with Crippen LogP contribution in [0.2, 0.25) is 10.0 Å². The molecule has 4 heteroatoms. The van der Waals surface area contributed by atoms with E-state index in [4.69, 9.17) is 28.9 Å². The minimum atomic E-state index is -0.115. The predicted molar refractivity (Wildman–Crippen MR) is 81.2 cm³/mol. The van der Waals surface area contributed by atoms with Crippen LogP contribution in [0.3, 0.4) is 0 Å². The lowest BCUT2D eigenvalue weighted by Crippen LogP contribution is -2.13. The van der Waals surface area contributed by atoms with Crippen LogP contribution in [0.4, 0.5) is 0 Å². The Labute approximate surface area is 125 Å². The van der Waals surface area contributed by atoms with Crippen LogP contribution in [0.25, 0.3) is 0 Å². The molecule has 0 radical (unpaired) electrons. The minimum Gasteiger partial charge on any atom is -0.324 e. The van der Waals surface area contributed by atoms with Crippen LogP contribution in [0.5, 0.6) is 0 Å². The van der Waals surface area contributed by atoms with Gasteiger partial charge in [-0.05, 0) is 51.7 Å². The molecule has 0 aliphatic rings. The number of hydrogen-bond acceptors (Lipinski definition) is 1. The Kier molecular flexibility index (Phi) is 4.68. The van der Waals surface area contributed by atoms with E-state index in [0.717, 1.165) is 20.6 Å². The van der Waals surface area contributed by atoms with E-state index in [9.17, 15) is 0 Å². The average molecular weight is 345 g/mol. The molecule has 0 aliphatic heterocycles. The van der Waals surface area contributed by atoms with Crippen LogP contribution in [-0.4, -0.2) is 0 Å². The Bertz CT molecular complexity index is 557. The first-order chi connectivity index (χ1) is 8.58. The summed E-state index contributed by atoms with van der Waals surface area (Å²) in [6.45, 7) is 0. The summed E-state index contributed by atoms with van der Waals surface area (Å²) >= 11 is 15.5. The molecule has 2 rings (SSSR count). The van der Waals surface area contributed by atoms with E-state index in [2.05, 4.69) is 15.9 Å². The van der Waals surface area contributed by atoms with E-state index < -0.39 is 0 Å². The molecule has 18 heavy (non-hydrogen) atoms. The lowest BCUT2D eigenvalue weighted by Gasteiger charge is -2.14. The third kappa shape index (κ3) is 3.27. The zero-order valence-electron chi connectivity index (χ0n) is 9.54. The van der Waals surface area contributed by atoms with Crippen molar-refractivity contribution in [1.82, 2.24) is 0 Å². The maximum absolute atomic E-state index is 6.18. The van der Waals surface area contributed by atoms with Gasteiger partial charge in [0, 0.05) is 15.5 Å². The van der Waals surface area contributed by atoms with E-state index in [0.29, 0.717) is 11.4 Å². The van der Waals surface area contributed by atoms with Gasteiger partial charge in [0.2, 0.25) is 0 Å². The Morgan fingerprint density at radius 3 is 2.44 bits per heavy atom. The molecule has 0 heterocycles. The monoisotopic (exact) mass is 343 g/mol. The molecule has 0 aliphatic carbocycles. The fraction of sp³-hybridized carbons (Fsp3) is 0.143. The summed E-state index contributed by atoms with van der Waals surface area (Å²) in [6, 6.07) is 13.4. The van der Waals surface area contributed by atoms with Crippen molar-refractivity contribution in [3.8, 4) is 0 Å². The van der Waals surface area contributed by atoms with Crippen molar-refractivity contribution in [2.45, 2.75) is 12.5 Å². The number of hydrogen-bond donors (Lipinski definition) is 1. The van der Waals surface area contributed by atoms with Gasteiger partial charge in [-0.3, -0.25) is 0 Å². The van der Waals surface area contributed by atoms with Crippen LogP contribution >= 0.6 is 39.1 Å². The maximum Gasteiger partial charge on any atom is 0.0551 e. The van der Waals surface area contributed by atoms with Crippen molar-refractivity contribution >= 4 is 39.1 Å². The molecule has 0 saturated heterocycles. The summed E-state index contributed by atoms with van der Waals surface area (Å²) in [5.74, 6) is 0. The topological polar surface area (TPSA) is 26.0 Å². The molecule has 1 nitrogen and oxygen atoms in total. The fourth-order valence-corrected chi connectivity index (χ4v) is 2.41. The molecule has 0 saturated carbocycles. The number of nitrogens with two attached hydrogens (primary N) is 1. The highest BCUT2D eigenvalue weighted by atomic mass is 79.9. The lowest BCUT2D eigenvalue weighted by molar-refractivity contribution is 0.722. The first-order valence-corrected chi connectivity index (χ1v) is 7.07. The molecule has 0 fully saturated rings. The third-order valence-electron chi connectivity index (χ3n) is 2.77. The van der Waals surface area contributed by atoms with Crippen LogP contribution in [0, 0.1) is 0 Å². The van der Waals surface area contributed by atoms with Crippen molar-refractivity contribution in [3.63, 3.8) is 0 Å². The second-order valence-corrected chi connectivity index (χ2v) is 5.74. The minimum absolute atomic E-state index is 0.115. The summed E-state index contributed by atoms with van der Waals surface area (Å²) in [7, 11) is 0. The molecule has 0 aromatic heterocycles. The summed E-state index contributed by atoms with van der Waals surface area (Å²) < 4.78 is 0.873. The molecule has 1 unspecified atom stereocenters. The first-order valence-electron chi connectivity index (χ1n) is 5.52. The number of halogens is 3. The van der Waals surface area contributed by atoms with Crippen molar-refractivity contribution < 1.29 is 0 Å². The van der Waals surface area contributed by atoms with Crippen molar-refractivity contribution in [2.75, 3.05) is 0 Å². The third-order valence-corrected chi connectivity index (χ3v) is 4.37. The predicted octanol–water partition coefficient (Wildman–Crippen LogP) is 5.00. The van der Waals surface area contributed by atoms with Gasteiger partial charge in [-0.2, -0.15) is 0 Å². The van der Waals surface area contributed by atoms with Gasteiger partial charge in [-0.15, -0.1) is 0 Å². The van der Waals surface area contributed by atoms with Gasteiger partial charge in [0.05, 0.1) is 5.02 Å². The lowest BCUT2D eigenvalue weighted by atomic mass is 10.00. The molecule has 2 N–H and O–H groups in total. The number of benzene rings is 2. The molecule has 94 valence electrons. The second-order valence-electron chi connectivity index (χ2n) is 4.08. The van der Waals surface area contributed by atoms with Crippen LogP contribution < -0.4 is 5.73 Å². The molecule has 1 atom stereocenters. The zero-order valence-corrected chi connectivity index (χ0v) is 12.6. The van der Waals surface area contributed by atoms with Crippen molar-refractivity contribution in [2.24, 2.45) is 5.73 Å². The van der Waals surface area contributed by atoms with Crippen LogP contribution in [-0.2, 0) is 6.42 Å². The van der Waals surface area contributed by atoms with E-state index in [-0.39, 0.29) is 6.04 Å². The van der Waals surface area contributed by atoms with Crippen molar-refractivity contribution in [1.29, 1.82) is 0 Å². The van der Waals surface area contributed by atoms with Crippen LogP contribution in [0.15, 0.2) is 46.9 Å². The molecule has 0 bridgehead atoms. The zero-order chi connectivity index (χ0) is 13.1. The maximum atomic E-state index is 6.18. The summed E-state index contributed by atoms with van der Waals surface area (Å²) in [6.07, 6.45) is 0.692. The molecule has 0 spiro atoms. The Balaban J connectivity index is 2.19. The average Bonchev–Trinajstić information content (AvgIpc) is 2.35. The summed E-state index contributed by atoms with van der Waals surface area (Å²) in [5, 5.41) is 1.42. The van der Waals surface area contributed by atoms with E-state index in [1.54, 1.807) is 0 Å². The fourth-order valence-electron chi connectivity index (χ4n) is 1.76. The van der Waals surface area contributed by atoms with E-state index in [1.807, 2.05) is 42.5 Å². The molecule has 0 amide bonds. The largest absolute Gasteiger partial charge is 0.324 e. The molecular formula is C14H12BrCl2N. The summed E-state index contributed by atoms with van der Waals surface area (Å²) in [5.41, 5.74) is 8.23. The normalized spacial score (nSPS) is 12.4. The van der Waals surface area contributed by atoms with Gasteiger partial charge < -0.3 is 5.73 Å². The Morgan fingerprint density at radius 1 is 1.06 bits per heavy atom. The van der Waals surface area contributed by atoms with E-state index in [1.165, 1.54) is 0 Å². The van der Waals surface area contributed by atoms with Gasteiger partial charge in [-0.1, -0.05) is 47.5 Å². The van der Waals surface area contributed by atoms with Gasteiger partial charge in [0.25, 0.3) is 0 Å². The molecular weight excluding hydrogens is 333 g/mol. The quantitative estimate of drug-likeness (QED) is 0.833. The van der Waals surface area contributed by atoms with E-state index >= 15 is 0 Å². The van der Waals surface area contributed by atoms with Gasteiger partial charge in [-0.25, -0.2) is 0 Å². The van der Waals surface area contributed by atoms with Gasteiger partial charge in [0.15, 0.2) is 0 Å². The highest BCUT2D eigenvalue weighted by molar-refractivity contribution is 9.10. The Hall–Kier alpha value is -0.540. The van der Waals surface area contributed by atoms with Gasteiger partial charge >= 0.3 is 0 Å². The van der Waals surface area contributed by atoms with Crippen LogP contribution in [0.1, 0.15) is 17.2 Å².